The summed E-state index contributed by atoms with van der Waals surface area (Å²) < 4.78 is 9.76. The number of carbonyl (C=O) groups is 1. The Labute approximate surface area is 108 Å². The van der Waals surface area contributed by atoms with Gasteiger partial charge in [-0.15, -0.1) is 0 Å². The number of hydrogen-bond acceptors (Lipinski definition) is 4. The highest BCUT2D eigenvalue weighted by Gasteiger charge is 2.11. The van der Waals surface area contributed by atoms with Gasteiger partial charge >= 0.3 is 5.97 Å². The predicted molar refractivity (Wildman–Crippen MR) is 70.7 cm³/mol. The van der Waals surface area contributed by atoms with Gasteiger partial charge < -0.3 is 14.8 Å². The van der Waals surface area contributed by atoms with E-state index in [0.29, 0.717) is 6.54 Å². The highest BCUT2D eigenvalue weighted by atomic mass is 16.5. The highest BCUT2D eigenvalue weighted by molar-refractivity contribution is 5.71. The molecule has 4 nitrogen and oxygen atoms in total. The number of hydrogen-bond donors (Lipinski definition) is 1. The van der Waals surface area contributed by atoms with Crippen LogP contribution in [0.5, 0.6) is 5.75 Å². The Hall–Kier alpha value is -1.55. The largest absolute Gasteiger partial charge is 0.497 e. The third kappa shape index (κ3) is 4.75. The van der Waals surface area contributed by atoms with Crippen molar-refractivity contribution in [1.82, 2.24) is 5.32 Å². The Morgan fingerprint density at radius 2 is 1.94 bits per heavy atom. The van der Waals surface area contributed by atoms with Gasteiger partial charge in [-0.2, -0.15) is 0 Å². The summed E-state index contributed by atoms with van der Waals surface area (Å²) >= 11 is 0. The molecule has 18 heavy (non-hydrogen) atoms. The molecule has 1 N–H and O–H groups in total. The lowest BCUT2D eigenvalue weighted by Crippen LogP contribution is -2.28. The van der Waals surface area contributed by atoms with Crippen LogP contribution in [0.15, 0.2) is 24.3 Å². The minimum absolute atomic E-state index is 0.106. The average molecular weight is 251 g/mol. The topological polar surface area (TPSA) is 47.6 Å². The van der Waals surface area contributed by atoms with Crippen molar-refractivity contribution in [3.05, 3.63) is 29.8 Å². The molecule has 0 amide bonds. The standard InChI is InChI=1S/C14H21NO3/c1-11(14(16)18-3)10-15-9-8-12-4-6-13(17-2)7-5-12/h4-7,11,15H,8-10H2,1-3H3. The van der Waals surface area contributed by atoms with E-state index in [-0.39, 0.29) is 11.9 Å². The van der Waals surface area contributed by atoms with Gasteiger partial charge in [0, 0.05) is 6.54 Å². The van der Waals surface area contributed by atoms with Crippen LogP contribution in [0, 0.1) is 5.92 Å². The molecule has 1 aromatic carbocycles. The summed E-state index contributed by atoms with van der Waals surface area (Å²) in [4.78, 5) is 11.2. The van der Waals surface area contributed by atoms with E-state index in [1.54, 1.807) is 7.11 Å². The second kappa shape index (κ2) is 7.71. The Balaban J connectivity index is 2.23. The van der Waals surface area contributed by atoms with Gasteiger partial charge in [0.25, 0.3) is 0 Å². The van der Waals surface area contributed by atoms with Gasteiger partial charge in [-0.05, 0) is 30.7 Å². The maximum Gasteiger partial charge on any atom is 0.309 e. The van der Waals surface area contributed by atoms with Crippen LogP contribution in [-0.2, 0) is 16.0 Å². The van der Waals surface area contributed by atoms with Gasteiger partial charge in [0.05, 0.1) is 20.1 Å². The van der Waals surface area contributed by atoms with Crippen LogP contribution in [0.3, 0.4) is 0 Å². The van der Waals surface area contributed by atoms with E-state index in [9.17, 15) is 4.79 Å². The van der Waals surface area contributed by atoms with Crippen LogP contribution in [0.2, 0.25) is 0 Å². The summed E-state index contributed by atoms with van der Waals surface area (Å²) in [7, 11) is 3.07. The molecule has 0 radical (unpaired) electrons. The number of rotatable bonds is 7. The molecule has 0 spiro atoms. The molecule has 0 fully saturated rings. The van der Waals surface area contributed by atoms with Crippen LogP contribution in [0.1, 0.15) is 12.5 Å². The monoisotopic (exact) mass is 251 g/mol. The molecule has 0 heterocycles. The van der Waals surface area contributed by atoms with E-state index in [0.717, 1.165) is 18.7 Å². The lowest BCUT2D eigenvalue weighted by molar-refractivity contribution is -0.144. The molecule has 0 aliphatic heterocycles. The van der Waals surface area contributed by atoms with Gasteiger partial charge in [-0.3, -0.25) is 4.79 Å². The Morgan fingerprint density at radius 3 is 2.50 bits per heavy atom. The lowest BCUT2D eigenvalue weighted by atomic mass is 10.1. The van der Waals surface area contributed by atoms with Gasteiger partial charge in [0.15, 0.2) is 0 Å². The SMILES string of the molecule is COC(=O)C(C)CNCCc1ccc(OC)cc1. The van der Waals surface area contributed by atoms with Crippen molar-refractivity contribution >= 4 is 5.97 Å². The van der Waals surface area contributed by atoms with Crippen LogP contribution >= 0.6 is 0 Å². The Kier molecular flexibility index (Phi) is 6.22. The highest BCUT2D eigenvalue weighted by Crippen LogP contribution is 2.11. The fourth-order valence-corrected chi connectivity index (χ4v) is 1.63. The first-order chi connectivity index (χ1) is 8.67. The molecule has 0 aliphatic carbocycles. The van der Waals surface area contributed by atoms with Gasteiger partial charge in [0.2, 0.25) is 0 Å². The van der Waals surface area contributed by atoms with Crippen LogP contribution in [0.25, 0.3) is 0 Å². The molecule has 0 aromatic heterocycles. The van der Waals surface area contributed by atoms with Crippen molar-refractivity contribution < 1.29 is 14.3 Å². The third-order valence-electron chi connectivity index (χ3n) is 2.80. The van der Waals surface area contributed by atoms with Crippen molar-refractivity contribution in [3.8, 4) is 5.75 Å². The van der Waals surface area contributed by atoms with Crippen LogP contribution in [-0.4, -0.2) is 33.3 Å². The van der Waals surface area contributed by atoms with E-state index >= 15 is 0 Å². The van der Waals surface area contributed by atoms with E-state index in [4.69, 9.17) is 4.74 Å². The molecule has 1 unspecified atom stereocenters. The normalized spacial score (nSPS) is 11.9. The zero-order valence-electron chi connectivity index (χ0n) is 11.2. The summed E-state index contributed by atoms with van der Waals surface area (Å²) in [5.74, 6) is 0.587. The Bertz CT molecular complexity index is 362. The number of ether oxygens (including phenoxy) is 2. The molecule has 0 saturated heterocycles. The molecule has 100 valence electrons. The molecule has 0 saturated carbocycles. The predicted octanol–water partition coefficient (Wildman–Crippen LogP) is 1.64. The molecule has 1 rings (SSSR count). The number of nitrogens with one attached hydrogen (secondary N) is 1. The van der Waals surface area contributed by atoms with Crippen molar-refractivity contribution in [3.63, 3.8) is 0 Å². The average Bonchev–Trinajstić information content (AvgIpc) is 2.43. The maximum atomic E-state index is 11.2. The minimum atomic E-state index is -0.174. The quantitative estimate of drug-likeness (QED) is 0.591. The van der Waals surface area contributed by atoms with Gasteiger partial charge in [0.1, 0.15) is 5.75 Å². The zero-order chi connectivity index (χ0) is 13.4. The van der Waals surface area contributed by atoms with Crippen molar-refractivity contribution in [1.29, 1.82) is 0 Å². The summed E-state index contributed by atoms with van der Waals surface area (Å²) in [5.41, 5.74) is 1.24. The van der Waals surface area contributed by atoms with Crippen LogP contribution < -0.4 is 10.1 Å². The maximum absolute atomic E-state index is 11.2. The van der Waals surface area contributed by atoms with Gasteiger partial charge in [-0.25, -0.2) is 0 Å². The minimum Gasteiger partial charge on any atom is -0.497 e. The summed E-state index contributed by atoms with van der Waals surface area (Å²) in [6.07, 6.45) is 0.928. The second-order valence-electron chi connectivity index (χ2n) is 4.23. The summed E-state index contributed by atoms with van der Waals surface area (Å²) in [5, 5.41) is 3.25. The van der Waals surface area contributed by atoms with E-state index in [1.807, 2.05) is 31.2 Å². The van der Waals surface area contributed by atoms with Gasteiger partial charge in [-0.1, -0.05) is 19.1 Å². The lowest BCUT2D eigenvalue weighted by Gasteiger charge is -2.10. The fraction of sp³-hybridized carbons (Fsp3) is 0.500. The molecule has 1 atom stereocenters. The molecular formula is C14H21NO3. The number of benzene rings is 1. The number of carbonyl (C=O) groups excluding carboxylic acids is 1. The first-order valence-electron chi connectivity index (χ1n) is 6.09. The van der Waals surface area contributed by atoms with Crippen molar-refractivity contribution in [2.45, 2.75) is 13.3 Å². The smallest absolute Gasteiger partial charge is 0.309 e. The molecular weight excluding hydrogens is 230 g/mol. The Morgan fingerprint density at radius 1 is 1.28 bits per heavy atom. The van der Waals surface area contributed by atoms with E-state index in [2.05, 4.69) is 10.1 Å². The zero-order valence-corrected chi connectivity index (χ0v) is 11.2. The van der Waals surface area contributed by atoms with Crippen molar-refractivity contribution in [2.75, 3.05) is 27.3 Å². The van der Waals surface area contributed by atoms with E-state index in [1.165, 1.54) is 12.7 Å². The third-order valence-corrected chi connectivity index (χ3v) is 2.80. The first kappa shape index (κ1) is 14.5. The molecule has 1 aromatic rings. The molecule has 4 heteroatoms. The summed E-state index contributed by atoms with van der Waals surface area (Å²) in [6.45, 7) is 3.34. The number of methoxy groups -OCH3 is 2. The molecule has 0 aliphatic rings. The summed E-state index contributed by atoms with van der Waals surface area (Å²) in [6, 6.07) is 7.99. The number of esters is 1. The second-order valence-corrected chi connectivity index (χ2v) is 4.23. The first-order valence-corrected chi connectivity index (χ1v) is 6.09. The molecule has 0 bridgehead atoms. The van der Waals surface area contributed by atoms with Crippen LogP contribution in [0.4, 0.5) is 0 Å². The van der Waals surface area contributed by atoms with Crippen molar-refractivity contribution in [2.24, 2.45) is 5.92 Å². The van der Waals surface area contributed by atoms with E-state index < -0.39 is 0 Å². The fourth-order valence-electron chi connectivity index (χ4n) is 1.63.